The Morgan fingerprint density at radius 2 is 1.10 bits per heavy atom. The van der Waals surface area contributed by atoms with E-state index in [2.05, 4.69) is 148 Å². The van der Waals surface area contributed by atoms with E-state index in [9.17, 15) is 0 Å². The van der Waals surface area contributed by atoms with Gasteiger partial charge in [0.15, 0.2) is 0 Å². The van der Waals surface area contributed by atoms with Crippen molar-refractivity contribution < 1.29 is 0 Å². The molecule has 236 valence electrons. The van der Waals surface area contributed by atoms with Gasteiger partial charge in [-0.05, 0) is 100 Å². The maximum Gasteiger partial charge on any atom is 0.238 e. The van der Waals surface area contributed by atoms with E-state index in [1.54, 1.807) is 0 Å². The van der Waals surface area contributed by atoms with E-state index in [4.69, 9.17) is 9.97 Å². The maximum atomic E-state index is 4.72. The van der Waals surface area contributed by atoms with Gasteiger partial charge in [0.05, 0.1) is 11.0 Å². The summed E-state index contributed by atoms with van der Waals surface area (Å²) in [6.07, 6.45) is 0. The molecule has 0 atom stereocenters. The lowest BCUT2D eigenvalue weighted by Gasteiger charge is -2.23. The summed E-state index contributed by atoms with van der Waals surface area (Å²) in [4.78, 5) is 15.9. The van der Waals surface area contributed by atoms with E-state index in [1.807, 2.05) is 32.0 Å². The zero-order valence-corrected chi connectivity index (χ0v) is 27.7. The minimum Gasteiger partial charge on any atom is -0.309 e. The Kier molecular flexibility index (Phi) is 6.24. The molecule has 2 heterocycles. The van der Waals surface area contributed by atoms with Crippen molar-refractivity contribution in [1.29, 1.82) is 0 Å². The Hall–Kier alpha value is -6.59. The van der Waals surface area contributed by atoms with Gasteiger partial charge in [-0.25, -0.2) is 4.98 Å². The molecule has 0 fully saturated rings. The van der Waals surface area contributed by atoms with E-state index in [1.165, 1.54) is 65.4 Å². The average Bonchev–Trinajstić information content (AvgIpc) is 3.49. The lowest BCUT2D eigenvalue weighted by atomic mass is 9.89. The van der Waals surface area contributed by atoms with Crippen LogP contribution in [0.25, 0.3) is 70.9 Å². The maximum absolute atomic E-state index is 4.72. The predicted molar refractivity (Wildman–Crippen MR) is 207 cm³/mol. The highest BCUT2D eigenvalue weighted by molar-refractivity contribution is 6.32. The molecule has 10 aromatic rings. The fraction of sp³-hybridized carbons (Fsp3) is 0.0444. The van der Waals surface area contributed by atoms with Gasteiger partial charge in [0.2, 0.25) is 5.95 Å². The first-order valence-electron chi connectivity index (χ1n) is 17.0. The summed E-state index contributed by atoms with van der Waals surface area (Å²) >= 11 is 0. The molecule has 0 N–H and O–H groups in total. The highest BCUT2D eigenvalue weighted by Crippen LogP contribution is 2.45. The number of nitrogens with zero attached hydrogens (tertiary/aromatic N) is 5. The molecule has 0 saturated carbocycles. The van der Waals surface area contributed by atoms with Crippen LogP contribution in [-0.4, -0.2) is 19.5 Å². The highest BCUT2D eigenvalue weighted by atomic mass is 15.3. The first kappa shape index (κ1) is 28.4. The number of aromatic nitrogens is 4. The van der Waals surface area contributed by atoms with Gasteiger partial charge in [0.1, 0.15) is 11.6 Å². The van der Waals surface area contributed by atoms with Crippen molar-refractivity contribution in [3.63, 3.8) is 0 Å². The van der Waals surface area contributed by atoms with Gasteiger partial charge in [-0.2, -0.15) is 9.97 Å². The van der Waals surface area contributed by atoms with E-state index in [-0.39, 0.29) is 0 Å². The van der Waals surface area contributed by atoms with E-state index < -0.39 is 0 Å². The number of anilines is 3. The van der Waals surface area contributed by atoms with Crippen LogP contribution in [0.3, 0.4) is 0 Å². The Morgan fingerprint density at radius 3 is 1.88 bits per heavy atom. The Labute approximate surface area is 289 Å². The summed E-state index contributed by atoms with van der Waals surface area (Å²) in [7, 11) is 0. The van der Waals surface area contributed by atoms with Gasteiger partial charge in [0, 0.05) is 33.2 Å². The third kappa shape index (κ3) is 4.30. The topological polar surface area (TPSA) is 46.8 Å². The number of benzene rings is 8. The minimum atomic E-state index is 0.607. The van der Waals surface area contributed by atoms with Crippen molar-refractivity contribution in [2.75, 3.05) is 4.90 Å². The molecule has 5 nitrogen and oxygen atoms in total. The Morgan fingerprint density at radius 1 is 0.480 bits per heavy atom. The minimum absolute atomic E-state index is 0.607. The number of hydrogen-bond acceptors (Lipinski definition) is 4. The molecule has 0 spiro atoms. The second-order valence-corrected chi connectivity index (χ2v) is 12.9. The molecule has 0 aliphatic heterocycles. The molecule has 0 amide bonds. The van der Waals surface area contributed by atoms with E-state index >= 15 is 0 Å². The van der Waals surface area contributed by atoms with Crippen LogP contribution in [0.4, 0.5) is 17.3 Å². The number of para-hydroxylation sites is 3. The van der Waals surface area contributed by atoms with Gasteiger partial charge < -0.3 is 4.57 Å². The molecule has 0 aliphatic carbocycles. The van der Waals surface area contributed by atoms with Crippen molar-refractivity contribution >= 4 is 71.4 Å². The van der Waals surface area contributed by atoms with Gasteiger partial charge in [-0.1, -0.05) is 103 Å². The largest absolute Gasteiger partial charge is 0.309 e. The standard InChI is InChI=1S/C45H31N5/c1-28-46-29(2)48-45(47-28)49(33-11-5-3-6-12-33)35-22-19-30(20-23-35)36-24-21-31-17-18-32-27-40-37-15-9-10-16-41(37)50(34-13-7-4-8-14-34)44(40)39-26-25-38(36)42(31)43(32)39/h3-27H,1-2H3. The summed E-state index contributed by atoms with van der Waals surface area (Å²) in [5.74, 6) is 2.00. The normalized spacial score (nSPS) is 11.8. The van der Waals surface area contributed by atoms with Gasteiger partial charge >= 0.3 is 0 Å². The number of hydrogen-bond donors (Lipinski definition) is 0. The fourth-order valence-corrected chi connectivity index (χ4v) is 7.87. The van der Waals surface area contributed by atoms with Gasteiger partial charge in [-0.15, -0.1) is 0 Å². The van der Waals surface area contributed by atoms with Crippen LogP contribution in [0.15, 0.2) is 152 Å². The third-order valence-corrected chi connectivity index (χ3v) is 9.93. The van der Waals surface area contributed by atoms with Gasteiger partial charge in [-0.3, -0.25) is 4.90 Å². The smallest absolute Gasteiger partial charge is 0.238 e. The quantitative estimate of drug-likeness (QED) is 0.175. The van der Waals surface area contributed by atoms with Crippen LogP contribution in [0.1, 0.15) is 11.6 Å². The molecule has 0 radical (unpaired) electrons. The summed E-state index contributed by atoms with van der Waals surface area (Å²) in [5.41, 5.74) is 7.98. The van der Waals surface area contributed by atoms with Crippen LogP contribution < -0.4 is 4.90 Å². The monoisotopic (exact) mass is 641 g/mol. The molecule has 8 aromatic carbocycles. The van der Waals surface area contributed by atoms with Crippen LogP contribution in [0.5, 0.6) is 0 Å². The number of rotatable bonds is 5. The zero-order valence-electron chi connectivity index (χ0n) is 27.7. The number of aryl methyl sites for hydroxylation is 2. The average molecular weight is 642 g/mol. The summed E-state index contributed by atoms with van der Waals surface area (Å²) < 4.78 is 2.43. The highest BCUT2D eigenvalue weighted by Gasteiger charge is 2.21. The van der Waals surface area contributed by atoms with Crippen molar-refractivity contribution in [2.24, 2.45) is 0 Å². The van der Waals surface area contributed by atoms with Crippen LogP contribution in [0.2, 0.25) is 0 Å². The molecule has 0 saturated heterocycles. The second kappa shape index (κ2) is 11.0. The first-order valence-corrected chi connectivity index (χ1v) is 17.0. The SMILES string of the molecule is Cc1nc(C)nc(N(c2ccccc2)c2ccc(-c3ccc4ccc5cc6c7ccccc7n(-c7ccccc7)c6c6ccc3c4c56)cc2)n1. The van der Waals surface area contributed by atoms with Crippen molar-refractivity contribution in [2.45, 2.75) is 13.8 Å². The molecular formula is C45H31N5. The lowest BCUT2D eigenvalue weighted by molar-refractivity contribution is 0.906. The molecular weight excluding hydrogens is 611 g/mol. The van der Waals surface area contributed by atoms with Crippen LogP contribution in [0, 0.1) is 13.8 Å². The van der Waals surface area contributed by atoms with Gasteiger partial charge in [0.25, 0.3) is 0 Å². The molecule has 10 rings (SSSR count). The van der Waals surface area contributed by atoms with E-state index in [0.717, 1.165) is 16.9 Å². The summed E-state index contributed by atoms with van der Waals surface area (Å²) in [6.45, 7) is 3.81. The second-order valence-electron chi connectivity index (χ2n) is 12.9. The molecule has 2 aromatic heterocycles. The summed E-state index contributed by atoms with van der Waals surface area (Å²) in [5, 5.41) is 10.2. The van der Waals surface area contributed by atoms with Crippen molar-refractivity contribution in [3.8, 4) is 16.8 Å². The first-order chi connectivity index (χ1) is 24.6. The Bertz CT molecular complexity index is 2850. The van der Waals surface area contributed by atoms with Crippen LogP contribution >= 0.6 is 0 Å². The molecule has 0 aliphatic rings. The fourth-order valence-electron chi connectivity index (χ4n) is 7.87. The van der Waals surface area contributed by atoms with E-state index in [0.29, 0.717) is 17.6 Å². The molecule has 50 heavy (non-hydrogen) atoms. The zero-order chi connectivity index (χ0) is 33.3. The van der Waals surface area contributed by atoms with Crippen molar-refractivity contribution in [1.82, 2.24) is 19.5 Å². The Balaban J connectivity index is 1.18. The number of fused-ring (bicyclic) bond motifs is 4. The van der Waals surface area contributed by atoms with Crippen LogP contribution in [-0.2, 0) is 0 Å². The molecule has 0 bridgehead atoms. The lowest BCUT2D eigenvalue weighted by Crippen LogP contribution is -2.15. The van der Waals surface area contributed by atoms with Crippen molar-refractivity contribution in [3.05, 3.63) is 163 Å². The molecule has 5 heteroatoms. The summed E-state index contributed by atoms with van der Waals surface area (Å²) in [6, 6.07) is 54.7. The molecule has 0 unspecified atom stereocenters. The third-order valence-electron chi connectivity index (χ3n) is 9.93. The predicted octanol–water partition coefficient (Wildman–Crippen LogP) is 11.6.